The third-order valence-electron chi connectivity index (χ3n) is 1.03. The van der Waals surface area contributed by atoms with Gasteiger partial charge in [0, 0.05) is 12.8 Å². The number of hydrogen-bond acceptors (Lipinski definition) is 3. The summed E-state index contributed by atoms with van der Waals surface area (Å²) in [6.45, 7) is 0. The van der Waals surface area contributed by atoms with Gasteiger partial charge in [0.2, 0.25) is 0 Å². The zero-order valence-electron chi connectivity index (χ0n) is 6.54. The van der Waals surface area contributed by atoms with Crippen molar-refractivity contribution < 1.29 is 5.11 Å². The van der Waals surface area contributed by atoms with Gasteiger partial charge in [0.15, 0.2) is 6.10 Å². The Labute approximate surface area is 78.0 Å². The predicted octanol–water partition coefficient (Wildman–Crippen LogP) is 0.935. The first-order valence-electron chi connectivity index (χ1n) is 3.49. The minimum absolute atomic E-state index is 0.503. The van der Waals surface area contributed by atoms with E-state index in [1.165, 1.54) is 0 Å². The molecule has 0 bridgehead atoms. The molecule has 0 aromatic rings. The van der Waals surface area contributed by atoms with Crippen molar-refractivity contribution in [3.8, 4) is 29.1 Å². The molecule has 1 N–H and O–H groups in total. The van der Waals surface area contributed by atoms with Crippen LogP contribution in [-0.2, 0) is 0 Å². The summed E-state index contributed by atoms with van der Waals surface area (Å²) in [5.41, 5.74) is 0. The van der Waals surface area contributed by atoms with Gasteiger partial charge in [-0.15, -0.1) is 0 Å². The largest absolute Gasteiger partial charge is 0.369 e. The Balaban J connectivity index is 3.57. The van der Waals surface area contributed by atoms with E-state index in [0.717, 1.165) is 6.42 Å². The number of thiol groups is 1. The fraction of sp³-hybridized carbons (Fsp3) is 0.444. The highest BCUT2D eigenvalue weighted by Gasteiger charge is 1.87. The summed E-state index contributed by atoms with van der Waals surface area (Å²) in [7, 11) is 0. The molecule has 0 spiro atoms. The monoisotopic (exact) mass is 179 g/mol. The van der Waals surface area contributed by atoms with Crippen LogP contribution in [0, 0.1) is 34.3 Å². The SMILES string of the molecule is N#CCCCC#CC(O)C#CS. The highest BCUT2D eigenvalue weighted by molar-refractivity contribution is 7.85. The molecule has 1 unspecified atom stereocenters. The third kappa shape index (κ3) is 7.03. The van der Waals surface area contributed by atoms with Crippen molar-refractivity contribution in [2.24, 2.45) is 0 Å². The summed E-state index contributed by atoms with van der Waals surface area (Å²) in [5.74, 6) is 7.60. The molecule has 0 aliphatic rings. The van der Waals surface area contributed by atoms with Gasteiger partial charge >= 0.3 is 0 Å². The van der Waals surface area contributed by atoms with E-state index in [1.54, 1.807) is 0 Å². The second-order valence-electron chi connectivity index (χ2n) is 1.99. The van der Waals surface area contributed by atoms with Crippen LogP contribution < -0.4 is 0 Å². The number of aliphatic hydroxyl groups is 1. The number of nitrogens with zero attached hydrogens (tertiary/aromatic N) is 1. The first-order valence-corrected chi connectivity index (χ1v) is 3.94. The Morgan fingerprint density at radius 2 is 2.08 bits per heavy atom. The second kappa shape index (κ2) is 8.02. The molecule has 0 aliphatic carbocycles. The zero-order valence-corrected chi connectivity index (χ0v) is 7.43. The van der Waals surface area contributed by atoms with Gasteiger partial charge in [-0.25, -0.2) is 0 Å². The third-order valence-corrected chi connectivity index (χ3v) is 1.16. The summed E-state index contributed by atoms with van der Waals surface area (Å²) in [5, 5.41) is 19.4. The highest BCUT2D eigenvalue weighted by Crippen LogP contribution is 1.91. The normalized spacial score (nSPS) is 9.75. The smallest absolute Gasteiger partial charge is 0.177 e. The fourth-order valence-electron chi connectivity index (χ4n) is 0.522. The molecule has 0 saturated heterocycles. The van der Waals surface area contributed by atoms with Crippen LogP contribution in [0.25, 0.3) is 0 Å². The van der Waals surface area contributed by atoms with E-state index in [1.807, 2.05) is 6.07 Å². The average molecular weight is 179 g/mol. The standard InChI is InChI=1S/C9H9NOS/c10-7-4-2-1-3-5-9(11)6-8-12/h9,11-12H,1-2,4H2. The number of rotatable bonds is 2. The number of nitriles is 1. The van der Waals surface area contributed by atoms with E-state index in [0.29, 0.717) is 12.8 Å². The molecule has 0 radical (unpaired) electrons. The van der Waals surface area contributed by atoms with Crippen LogP contribution in [0.5, 0.6) is 0 Å². The van der Waals surface area contributed by atoms with Gasteiger partial charge in [0.1, 0.15) is 0 Å². The van der Waals surface area contributed by atoms with Crippen LogP contribution >= 0.6 is 12.6 Å². The van der Waals surface area contributed by atoms with Gasteiger partial charge < -0.3 is 5.11 Å². The molecule has 12 heavy (non-hydrogen) atoms. The lowest BCUT2D eigenvalue weighted by molar-refractivity contribution is 0.289. The van der Waals surface area contributed by atoms with Crippen molar-refractivity contribution in [1.29, 1.82) is 5.26 Å². The van der Waals surface area contributed by atoms with E-state index < -0.39 is 6.10 Å². The first-order chi connectivity index (χ1) is 5.81. The molecule has 0 amide bonds. The van der Waals surface area contributed by atoms with Gasteiger partial charge in [0.25, 0.3) is 0 Å². The minimum atomic E-state index is -0.912. The number of aliphatic hydroxyl groups excluding tert-OH is 1. The van der Waals surface area contributed by atoms with Crippen LogP contribution in [0.15, 0.2) is 0 Å². The minimum Gasteiger partial charge on any atom is -0.369 e. The van der Waals surface area contributed by atoms with Crippen molar-refractivity contribution >= 4 is 12.6 Å². The summed E-state index contributed by atoms with van der Waals surface area (Å²) in [6.07, 6.45) is 0.955. The maximum atomic E-state index is 8.94. The van der Waals surface area contributed by atoms with Crippen LogP contribution in [0.3, 0.4) is 0 Å². The van der Waals surface area contributed by atoms with Gasteiger partial charge in [-0.05, 0) is 17.6 Å². The topological polar surface area (TPSA) is 44.0 Å². The fourth-order valence-corrected chi connectivity index (χ4v) is 0.644. The molecule has 0 fully saturated rings. The summed E-state index contributed by atoms with van der Waals surface area (Å²) in [4.78, 5) is 0. The molecule has 62 valence electrons. The van der Waals surface area contributed by atoms with Gasteiger partial charge in [-0.1, -0.05) is 24.5 Å². The van der Waals surface area contributed by atoms with Crippen LogP contribution in [-0.4, -0.2) is 11.2 Å². The van der Waals surface area contributed by atoms with E-state index in [-0.39, 0.29) is 0 Å². The molecule has 0 saturated carbocycles. The molecule has 0 aliphatic heterocycles. The zero-order chi connectivity index (χ0) is 9.23. The van der Waals surface area contributed by atoms with Gasteiger partial charge in [-0.3, -0.25) is 0 Å². The van der Waals surface area contributed by atoms with Crippen LogP contribution in [0.2, 0.25) is 0 Å². The van der Waals surface area contributed by atoms with Crippen molar-refractivity contribution in [3.05, 3.63) is 0 Å². The molecule has 0 aromatic carbocycles. The average Bonchev–Trinajstić information content (AvgIpc) is 2.05. The quantitative estimate of drug-likeness (QED) is 0.376. The molecule has 3 heteroatoms. The van der Waals surface area contributed by atoms with E-state index >= 15 is 0 Å². The van der Waals surface area contributed by atoms with Crippen LogP contribution in [0.4, 0.5) is 0 Å². The number of hydrogen-bond donors (Lipinski definition) is 2. The summed E-state index contributed by atoms with van der Waals surface area (Å²) in [6, 6.07) is 2.01. The molecule has 0 aromatic heterocycles. The predicted molar refractivity (Wildman–Crippen MR) is 50.0 cm³/mol. The second-order valence-corrected chi connectivity index (χ2v) is 2.22. The molecular weight excluding hydrogens is 170 g/mol. The Bertz CT molecular complexity index is 271. The van der Waals surface area contributed by atoms with Crippen molar-refractivity contribution in [1.82, 2.24) is 0 Å². The molecule has 1 atom stereocenters. The Morgan fingerprint density at radius 3 is 2.67 bits per heavy atom. The van der Waals surface area contributed by atoms with E-state index in [2.05, 4.69) is 35.6 Å². The Morgan fingerprint density at radius 1 is 1.33 bits per heavy atom. The summed E-state index contributed by atoms with van der Waals surface area (Å²) >= 11 is 3.61. The van der Waals surface area contributed by atoms with Crippen molar-refractivity contribution in [3.63, 3.8) is 0 Å². The van der Waals surface area contributed by atoms with E-state index in [4.69, 9.17) is 10.4 Å². The van der Waals surface area contributed by atoms with Gasteiger partial charge in [0.05, 0.1) is 6.07 Å². The molecule has 0 rings (SSSR count). The lowest BCUT2D eigenvalue weighted by atomic mass is 10.2. The maximum absolute atomic E-state index is 8.94. The lowest BCUT2D eigenvalue weighted by Crippen LogP contribution is -1.96. The lowest BCUT2D eigenvalue weighted by Gasteiger charge is -1.87. The first kappa shape index (κ1) is 10.9. The molecule has 2 nitrogen and oxygen atoms in total. The Kier molecular flexibility index (Phi) is 7.30. The van der Waals surface area contributed by atoms with Crippen molar-refractivity contribution in [2.45, 2.75) is 25.4 Å². The van der Waals surface area contributed by atoms with Crippen molar-refractivity contribution in [2.75, 3.05) is 0 Å². The van der Waals surface area contributed by atoms with Gasteiger partial charge in [-0.2, -0.15) is 5.26 Å². The van der Waals surface area contributed by atoms with Crippen LogP contribution in [0.1, 0.15) is 19.3 Å². The van der Waals surface area contributed by atoms with E-state index in [9.17, 15) is 0 Å². The number of unbranched alkanes of at least 4 members (excludes halogenated alkanes) is 2. The molecule has 0 heterocycles. The maximum Gasteiger partial charge on any atom is 0.177 e. The summed E-state index contributed by atoms with van der Waals surface area (Å²) < 4.78 is 0. The Hall–Kier alpha value is -1.08. The highest BCUT2D eigenvalue weighted by atomic mass is 32.1. The molecular formula is C9H9NOS.